The van der Waals surface area contributed by atoms with Crippen molar-refractivity contribution in [1.82, 2.24) is 24.1 Å². The number of carbonyl (C=O) groups excluding carboxylic acids is 1. The molecule has 0 radical (unpaired) electrons. The molecule has 3 saturated heterocycles. The second kappa shape index (κ2) is 6.96. The number of nitrogens with zero attached hydrogens (tertiary/aromatic N) is 5. The minimum absolute atomic E-state index is 0.0388. The van der Waals surface area contributed by atoms with Crippen molar-refractivity contribution in [3.05, 3.63) is 46.0 Å². The lowest BCUT2D eigenvalue weighted by molar-refractivity contribution is 0.121. The highest BCUT2D eigenvalue weighted by Gasteiger charge is 2.37. The number of hydrogen-bond acceptors (Lipinski definition) is 4. The largest absolute Gasteiger partial charge is 0.331 e. The van der Waals surface area contributed by atoms with Gasteiger partial charge in [-0.25, -0.2) is 9.78 Å². The monoisotopic (exact) mass is 369 g/mol. The van der Waals surface area contributed by atoms with Crippen LogP contribution in [-0.4, -0.2) is 69.9 Å². The van der Waals surface area contributed by atoms with Crippen LogP contribution in [0.3, 0.4) is 0 Å². The summed E-state index contributed by atoms with van der Waals surface area (Å²) < 4.78 is 1.60. The Hall–Kier alpha value is -2.41. The Balaban J connectivity index is 1.58. The molecule has 27 heavy (non-hydrogen) atoms. The van der Waals surface area contributed by atoms with Crippen LogP contribution in [0.2, 0.25) is 0 Å². The van der Waals surface area contributed by atoms with Gasteiger partial charge in [-0.3, -0.25) is 14.1 Å². The molecule has 7 heteroatoms. The third-order valence-electron chi connectivity index (χ3n) is 5.78. The highest BCUT2D eigenvalue weighted by atomic mass is 16.2. The Morgan fingerprint density at radius 1 is 1.26 bits per heavy atom. The zero-order chi connectivity index (χ0) is 19.1. The smallest absolute Gasteiger partial charge is 0.319 e. The Bertz CT molecular complexity index is 922. The van der Waals surface area contributed by atoms with Crippen molar-refractivity contribution in [2.75, 3.05) is 33.7 Å². The number of piperidine rings is 1. The maximum atomic E-state index is 12.5. The van der Waals surface area contributed by atoms with Gasteiger partial charge < -0.3 is 9.80 Å². The number of amides is 2. The number of aromatic nitrogens is 2. The van der Waals surface area contributed by atoms with Gasteiger partial charge >= 0.3 is 6.03 Å². The maximum absolute atomic E-state index is 12.5. The molecule has 0 spiro atoms. The van der Waals surface area contributed by atoms with Gasteiger partial charge in [0.2, 0.25) is 0 Å². The highest BCUT2D eigenvalue weighted by molar-refractivity contribution is 5.74. The molecule has 5 rings (SSSR count). The first-order valence-corrected chi connectivity index (χ1v) is 9.60. The van der Waals surface area contributed by atoms with Gasteiger partial charge in [-0.1, -0.05) is 6.07 Å². The van der Waals surface area contributed by atoms with E-state index in [0.29, 0.717) is 18.5 Å². The molecule has 0 aliphatic carbocycles. The van der Waals surface area contributed by atoms with E-state index in [0.717, 1.165) is 49.4 Å². The summed E-state index contributed by atoms with van der Waals surface area (Å²) in [6, 6.07) is 5.91. The molecule has 3 aliphatic rings. The van der Waals surface area contributed by atoms with Crippen molar-refractivity contribution < 1.29 is 4.79 Å². The molecule has 3 fully saturated rings. The normalized spacial score (nSPS) is 22.9. The number of carbonyl (C=O) groups is 1. The maximum Gasteiger partial charge on any atom is 0.319 e. The Morgan fingerprint density at radius 3 is 2.85 bits per heavy atom. The van der Waals surface area contributed by atoms with Crippen molar-refractivity contribution >= 4 is 11.7 Å². The molecule has 2 amide bonds. The van der Waals surface area contributed by atoms with Gasteiger partial charge in [-0.05, 0) is 37.3 Å². The summed E-state index contributed by atoms with van der Waals surface area (Å²) in [6.45, 7) is 5.15. The number of urea groups is 1. The van der Waals surface area contributed by atoms with Gasteiger partial charge in [0.25, 0.3) is 5.56 Å². The van der Waals surface area contributed by atoms with E-state index >= 15 is 0 Å². The second-order valence-electron chi connectivity index (χ2n) is 8.08. The number of pyridine rings is 1. The minimum Gasteiger partial charge on any atom is -0.331 e. The zero-order valence-corrected chi connectivity index (χ0v) is 16.3. The average Bonchev–Trinajstić information content (AvgIpc) is 2.94. The van der Waals surface area contributed by atoms with Gasteiger partial charge in [0.15, 0.2) is 0 Å². The number of aryl methyl sites for hydroxylation is 1. The summed E-state index contributed by atoms with van der Waals surface area (Å²) in [6.07, 6.45) is 4.01. The van der Waals surface area contributed by atoms with E-state index in [1.54, 1.807) is 21.6 Å². The molecule has 0 saturated carbocycles. The Kier molecular flexibility index (Phi) is 4.63. The Labute approximate surface area is 159 Å². The van der Waals surface area contributed by atoms with E-state index in [1.165, 1.54) is 0 Å². The lowest BCUT2D eigenvalue weighted by Crippen LogP contribution is -2.45. The summed E-state index contributed by atoms with van der Waals surface area (Å²) >= 11 is 0. The zero-order valence-electron chi connectivity index (χ0n) is 16.3. The van der Waals surface area contributed by atoms with Crippen LogP contribution in [0.25, 0.3) is 5.65 Å². The van der Waals surface area contributed by atoms with Crippen molar-refractivity contribution in [3.8, 4) is 0 Å². The van der Waals surface area contributed by atoms with Crippen molar-refractivity contribution in [1.29, 1.82) is 0 Å². The SMILES string of the molecule is Cc1cccn2c(=O)cc(CN3C[C@H]4CC[C@@H]3CN(C(=O)N(C)C)C4)nc12. The van der Waals surface area contributed by atoms with Crippen LogP contribution in [0.15, 0.2) is 29.2 Å². The Morgan fingerprint density at radius 2 is 2.07 bits per heavy atom. The average molecular weight is 369 g/mol. The molecule has 0 unspecified atom stereocenters. The topological polar surface area (TPSA) is 61.2 Å². The summed E-state index contributed by atoms with van der Waals surface area (Å²) in [5.74, 6) is 0.482. The quantitative estimate of drug-likeness (QED) is 0.806. The third kappa shape index (κ3) is 3.43. The molecule has 3 aliphatic heterocycles. The van der Waals surface area contributed by atoms with Crippen LogP contribution < -0.4 is 5.56 Å². The van der Waals surface area contributed by atoms with Gasteiger partial charge in [0.1, 0.15) is 5.65 Å². The van der Waals surface area contributed by atoms with E-state index in [2.05, 4.69) is 4.90 Å². The number of fused-ring (bicyclic) bond motifs is 5. The van der Waals surface area contributed by atoms with E-state index in [1.807, 2.05) is 38.1 Å². The standard InChI is InChI=1S/C20H27N5O2/c1-14-5-4-8-25-18(26)9-16(21-19(14)25)12-23-10-15-6-7-17(23)13-24(11-15)20(27)22(2)3/h4-5,8-9,15,17H,6-7,10-13H2,1-3H3/t15-,17-/m1/s1. The van der Waals surface area contributed by atoms with E-state index in [9.17, 15) is 9.59 Å². The fraction of sp³-hybridized carbons (Fsp3) is 0.550. The van der Waals surface area contributed by atoms with Crippen LogP contribution in [0, 0.1) is 12.8 Å². The van der Waals surface area contributed by atoms with Crippen molar-refractivity contribution in [2.45, 2.75) is 32.4 Å². The summed E-state index contributed by atoms with van der Waals surface area (Å²) in [5, 5.41) is 0. The first-order chi connectivity index (χ1) is 12.9. The number of rotatable bonds is 2. The van der Waals surface area contributed by atoms with Gasteiger partial charge in [0.05, 0.1) is 5.69 Å². The van der Waals surface area contributed by atoms with E-state index in [4.69, 9.17) is 4.98 Å². The number of hydrogen-bond donors (Lipinski definition) is 0. The molecule has 2 bridgehead atoms. The fourth-order valence-electron chi connectivity index (χ4n) is 4.41. The van der Waals surface area contributed by atoms with Crippen molar-refractivity contribution in [3.63, 3.8) is 0 Å². The first kappa shape index (κ1) is 18.0. The molecule has 5 heterocycles. The lowest BCUT2D eigenvalue weighted by atomic mass is 9.95. The minimum atomic E-state index is -0.0388. The summed E-state index contributed by atoms with van der Waals surface area (Å²) in [7, 11) is 3.61. The molecule has 2 atom stereocenters. The van der Waals surface area contributed by atoms with Crippen LogP contribution in [0.4, 0.5) is 4.79 Å². The molecule has 0 aromatic carbocycles. The van der Waals surface area contributed by atoms with Crippen LogP contribution >= 0.6 is 0 Å². The molecule has 7 nitrogen and oxygen atoms in total. The second-order valence-corrected chi connectivity index (χ2v) is 8.08. The first-order valence-electron chi connectivity index (χ1n) is 9.60. The predicted octanol–water partition coefficient (Wildman–Crippen LogP) is 1.58. The summed E-state index contributed by atoms with van der Waals surface area (Å²) in [4.78, 5) is 35.7. The lowest BCUT2D eigenvalue weighted by Gasteiger charge is -2.35. The molecular weight excluding hydrogens is 342 g/mol. The molecular formula is C20H27N5O2. The van der Waals surface area contributed by atoms with Crippen molar-refractivity contribution in [2.24, 2.45) is 5.92 Å². The molecule has 2 aromatic heterocycles. The van der Waals surface area contributed by atoms with E-state index < -0.39 is 0 Å². The van der Waals surface area contributed by atoms with Gasteiger partial charge in [0, 0.05) is 58.6 Å². The molecule has 144 valence electrons. The predicted molar refractivity (Wildman–Crippen MR) is 104 cm³/mol. The van der Waals surface area contributed by atoms with Crippen LogP contribution in [0.5, 0.6) is 0 Å². The van der Waals surface area contributed by atoms with Gasteiger partial charge in [-0.2, -0.15) is 0 Å². The molecule has 2 aromatic rings. The molecule has 0 N–H and O–H groups in total. The third-order valence-corrected chi connectivity index (χ3v) is 5.78. The van der Waals surface area contributed by atoms with Crippen LogP contribution in [0.1, 0.15) is 24.1 Å². The highest BCUT2D eigenvalue weighted by Crippen LogP contribution is 2.29. The fourth-order valence-corrected chi connectivity index (χ4v) is 4.41. The van der Waals surface area contributed by atoms with Gasteiger partial charge in [-0.15, -0.1) is 0 Å². The summed E-state index contributed by atoms with van der Waals surface area (Å²) in [5.41, 5.74) is 2.50. The van der Waals surface area contributed by atoms with Crippen LogP contribution in [-0.2, 0) is 6.54 Å². The van der Waals surface area contributed by atoms with E-state index in [-0.39, 0.29) is 11.6 Å².